The van der Waals surface area contributed by atoms with Crippen molar-refractivity contribution in [3.8, 4) is 17.2 Å². The second kappa shape index (κ2) is 7.80. The van der Waals surface area contributed by atoms with Gasteiger partial charge in [-0.25, -0.2) is 4.39 Å². The zero-order valence-corrected chi connectivity index (χ0v) is 16.1. The molecule has 0 aliphatic carbocycles. The lowest BCUT2D eigenvalue weighted by molar-refractivity contribution is 0.101. The molecule has 1 heterocycles. The zero-order valence-electron chi connectivity index (χ0n) is 16.1. The lowest BCUT2D eigenvalue weighted by atomic mass is 10.1. The van der Waals surface area contributed by atoms with Gasteiger partial charge in [0.2, 0.25) is 5.78 Å². The summed E-state index contributed by atoms with van der Waals surface area (Å²) in [5.41, 5.74) is 2.48. The predicted octanol–water partition coefficient (Wildman–Crippen LogP) is 5.34. The van der Waals surface area contributed by atoms with Gasteiger partial charge in [-0.1, -0.05) is 30.3 Å². The fourth-order valence-corrected chi connectivity index (χ4v) is 3.15. The number of rotatable bonds is 5. The molecule has 146 valence electrons. The van der Waals surface area contributed by atoms with Crippen LogP contribution in [0.15, 0.2) is 66.4 Å². The predicted molar refractivity (Wildman–Crippen MR) is 108 cm³/mol. The van der Waals surface area contributed by atoms with Crippen LogP contribution in [0.2, 0.25) is 0 Å². The minimum Gasteiger partial charge on any atom is -0.497 e. The summed E-state index contributed by atoms with van der Waals surface area (Å²) >= 11 is 0. The average Bonchev–Trinajstić information content (AvgIpc) is 3.05. The molecule has 0 atom stereocenters. The molecule has 4 rings (SSSR count). The lowest BCUT2D eigenvalue weighted by Gasteiger charge is -2.12. The molecule has 1 aliphatic rings. The van der Waals surface area contributed by atoms with Gasteiger partial charge in [0.25, 0.3) is 0 Å². The van der Waals surface area contributed by atoms with Crippen LogP contribution in [0.25, 0.3) is 6.08 Å². The molecule has 29 heavy (non-hydrogen) atoms. The van der Waals surface area contributed by atoms with E-state index >= 15 is 0 Å². The van der Waals surface area contributed by atoms with Gasteiger partial charge in [-0.15, -0.1) is 0 Å². The first-order valence-corrected chi connectivity index (χ1v) is 9.15. The van der Waals surface area contributed by atoms with Crippen molar-refractivity contribution in [2.45, 2.75) is 13.5 Å². The molecule has 0 N–H and O–H groups in total. The maximum absolute atomic E-state index is 13.8. The zero-order chi connectivity index (χ0) is 20.4. The number of benzene rings is 3. The van der Waals surface area contributed by atoms with Crippen molar-refractivity contribution < 1.29 is 23.4 Å². The van der Waals surface area contributed by atoms with Gasteiger partial charge in [-0.05, 0) is 48.9 Å². The van der Waals surface area contributed by atoms with E-state index in [0.717, 1.165) is 11.3 Å². The minimum atomic E-state index is -0.317. The molecule has 1 aliphatic heterocycles. The summed E-state index contributed by atoms with van der Waals surface area (Å²) in [6.45, 7) is 1.91. The second-order valence-corrected chi connectivity index (χ2v) is 6.66. The number of allylic oxidation sites excluding steroid dienone is 1. The summed E-state index contributed by atoms with van der Waals surface area (Å²) in [7, 11) is 1.60. The number of halogens is 1. The molecule has 0 aromatic heterocycles. The molecule has 0 fully saturated rings. The maximum Gasteiger partial charge on any atom is 0.231 e. The van der Waals surface area contributed by atoms with Gasteiger partial charge in [0, 0.05) is 11.1 Å². The van der Waals surface area contributed by atoms with Crippen LogP contribution in [0.5, 0.6) is 17.2 Å². The van der Waals surface area contributed by atoms with Crippen LogP contribution in [0.4, 0.5) is 4.39 Å². The van der Waals surface area contributed by atoms with Crippen molar-refractivity contribution in [2.75, 3.05) is 7.11 Å². The van der Waals surface area contributed by atoms with E-state index in [-0.39, 0.29) is 24.0 Å². The van der Waals surface area contributed by atoms with E-state index in [4.69, 9.17) is 14.2 Å². The van der Waals surface area contributed by atoms with Crippen LogP contribution in [0.1, 0.15) is 27.0 Å². The molecule has 5 heteroatoms. The van der Waals surface area contributed by atoms with Crippen molar-refractivity contribution in [3.05, 3.63) is 94.5 Å². The highest BCUT2D eigenvalue weighted by Crippen LogP contribution is 2.39. The van der Waals surface area contributed by atoms with Crippen LogP contribution >= 0.6 is 0 Å². The van der Waals surface area contributed by atoms with E-state index in [1.165, 1.54) is 6.07 Å². The van der Waals surface area contributed by atoms with Crippen molar-refractivity contribution in [1.82, 2.24) is 0 Å². The van der Waals surface area contributed by atoms with Crippen LogP contribution in [-0.2, 0) is 6.61 Å². The van der Waals surface area contributed by atoms with Crippen molar-refractivity contribution in [2.24, 2.45) is 0 Å². The van der Waals surface area contributed by atoms with Gasteiger partial charge < -0.3 is 14.2 Å². The summed E-state index contributed by atoms with van der Waals surface area (Å²) in [6.07, 6.45) is 1.70. The van der Waals surface area contributed by atoms with Crippen LogP contribution < -0.4 is 14.2 Å². The standard InChI is InChI=1S/C24H19FO4/c1-15-21(28-14-17-5-3-4-6-20(17)25)12-11-19-23(26)22(29-24(15)19)13-16-7-9-18(27-2)10-8-16/h3-13H,14H2,1-2H3/b22-13-. The highest BCUT2D eigenvalue weighted by Gasteiger charge is 2.30. The van der Waals surface area contributed by atoms with Crippen LogP contribution in [-0.4, -0.2) is 12.9 Å². The number of Topliss-reactive ketones (excluding diaryl/α,β-unsaturated/α-hetero) is 1. The number of methoxy groups -OCH3 is 1. The largest absolute Gasteiger partial charge is 0.497 e. The summed E-state index contributed by atoms with van der Waals surface area (Å²) in [5, 5.41) is 0. The molecular weight excluding hydrogens is 371 g/mol. The number of hydrogen-bond acceptors (Lipinski definition) is 4. The van der Waals surface area contributed by atoms with E-state index in [1.807, 2.05) is 31.2 Å². The summed E-state index contributed by atoms with van der Waals surface area (Å²) in [6, 6.07) is 17.2. The number of ketones is 1. The fourth-order valence-electron chi connectivity index (χ4n) is 3.15. The van der Waals surface area contributed by atoms with Crippen molar-refractivity contribution >= 4 is 11.9 Å². The molecule has 0 bridgehead atoms. The summed E-state index contributed by atoms with van der Waals surface area (Å²) in [4.78, 5) is 12.7. The van der Waals surface area contributed by atoms with Gasteiger partial charge in [0.15, 0.2) is 5.76 Å². The molecule has 3 aromatic carbocycles. The van der Waals surface area contributed by atoms with E-state index in [9.17, 15) is 9.18 Å². The van der Waals surface area contributed by atoms with Crippen molar-refractivity contribution in [1.29, 1.82) is 0 Å². The Balaban J connectivity index is 1.56. The maximum atomic E-state index is 13.8. The molecule has 0 unspecified atom stereocenters. The topological polar surface area (TPSA) is 44.8 Å². The third-order valence-corrected chi connectivity index (χ3v) is 4.79. The lowest BCUT2D eigenvalue weighted by Crippen LogP contribution is -2.00. The van der Waals surface area contributed by atoms with E-state index in [2.05, 4.69) is 0 Å². The molecule has 3 aromatic rings. The molecule has 0 saturated heterocycles. The molecular formula is C24H19FO4. The number of carbonyl (C=O) groups is 1. The van der Waals surface area contributed by atoms with E-state index in [0.29, 0.717) is 28.2 Å². The van der Waals surface area contributed by atoms with Crippen LogP contribution in [0.3, 0.4) is 0 Å². The summed E-state index contributed by atoms with van der Waals surface area (Å²) < 4.78 is 30.6. The Kier molecular flexibility index (Phi) is 5.04. The monoisotopic (exact) mass is 390 g/mol. The first-order valence-electron chi connectivity index (χ1n) is 9.15. The molecule has 0 saturated carbocycles. The Hall–Kier alpha value is -3.60. The first-order chi connectivity index (χ1) is 14.1. The number of ether oxygens (including phenoxy) is 3. The SMILES string of the molecule is COc1ccc(/C=C2\Oc3c(ccc(OCc4ccccc4F)c3C)C2=O)cc1. The Morgan fingerprint density at radius 1 is 1.03 bits per heavy atom. The summed E-state index contributed by atoms with van der Waals surface area (Å²) in [5.74, 6) is 1.51. The Bertz CT molecular complexity index is 1100. The average molecular weight is 390 g/mol. The Morgan fingerprint density at radius 2 is 1.79 bits per heavy atom. The Morgan fingerprint density at radius 3 is 2.52 bits per heavy atom. The number of carbonyl (C=O) groups excluding carboxylic acids is 1. The quantitative estimate of drug-likeness (QED) is 0.552. The molecule has 0 radical (unpaired) electrons. The van der Waals surface area contributed by atoms with E-state index in [1.54, 1.807) is 43.5 Å². The molecule has 0 spiro atoms. The van der Waals surface area contributed by atoms with Gasteiger partial charge in [-0.3, -0.25) is 4.79 Å². The van der Waals surface area contributed by atoms with Crippen molar-refractivity contribution in [3.63, 3.8) is 0 Å². The first kappa shape index (κ1) is 18.7. The van der Waals surface area contributed by atoms with Gasteiger partial charge in [-0.2, -0.15) is 0 Å². The van der Waals surface area contributed by atoms with Gasteiger partial charge in [0.1, 0.15) is 29.7 Å². The third-order valence-electron chi connectivity index (χ3n) is 4.79. The third kappa shape index (κ3) is 3.72. The fraction of sp³-hybridized carbons (Fsp3) is 0.125. The molecule has 4 nitrogen and oxygen atoms in total. The minimum absolute atomic E-state index is 0.0921. The number of hydrogen-bond donors (Lipinski definition) is 0. The van der Waals surface area contributed by atoms with Crippen LogP contribution in [0, 0.1) is 12.7 Å². The molecule has 0 amide bonds. The smallest absolute Gasteiger partial charge is 0.231 e. The Labute approximate surface area is 168 Å². The van der Waals surface area contributed by atoms with Gasteiger partial charge >= 0.3 is 0 Å². The number of fused-ring (bicyclic) bond motifs is 1. The highest BCUT2D eigenvalue weighted by atomic mass is 19.1. The van der Waals surface area contributed by atoms with E-state index < -0.39 is 0 Å². The normalized spacial score (nSPS) is 13.9. The van der Waals surface area contributed by atoms with Gasteiger partial charge in [0.05, 0.1) is 12.7 Å². The second-order valence-electron chi connectivity index (χ2n) is 6.66. The highest BCUT2D eigenvalue weighted by molar-refractivity contribution is 6.14.